The highest BCUT2D eigenvalue weighted by Crippen LogP contribution is 2.22. The summed E-state index contributed by atoms with van der Waals surface area (Å²) in [6.45, 7) is 1.90. The third kappa shape index (κ3) is 2.48. The number of aromatic hydroxyl groups is 1. The minimum atomic E-state index is -0.167. The molecule has 18 heavy (non-hydrogen) atoms. The number of carbonyl (C=O) groups excluding carboxylic acids is 1. The zero-order valence-corrected chi connectivity index (χ0v) is 10.1. The maximum atomic E-state index is 12.2. The molecule has 0 radical (unpaired) electrons. The minimum absolute atomic E-state index is 0.0134. The van der Waals surface area contributed by atoms with Crippen molar-refractivity contribution in [2.45, 2.75) is 6.92 Å². The summed E-state index contributed by atoms with van der Waals surface area (Å²) in [5.74, 6) is -0.153. The SMILES string of the molecule is CC=Cc1ccc(C(=O)c2ccccc2)c(O)c1. The summed E-state index contributed by atoms with van der Waals surface area (Å²) in [6.07, 6.45) is 3.75. The lowest BCUT2D eigenvalue weighted by molar-refractivity contribution is 0.103. The molecule has 0 fully saturated rings. The van der Waals surface area contributed by atoms with Crippen LogP contribution in [0.25, 0.3) is 6.08 Å². The lowest BCUT2D eigenvalue weighted by Gasteiger charge is -2.05. The van der Waals surface area contributed by atoms with Gasteiger partial charge in [-0.3, -0.25) is 4.79 Å². The molecule has 2 aromatic carbocycles. The summed E-state index contributed by atoms with van der Waals surface area (Å²) in [5.41, 5.74) is 1.78. The first-order chi connectivity index (χ1) is 8.72. The van der Waals surface area contributed by atoms with E-state index >= 15 is 0 Å². The van der Waals surface area contributed by atoms with E-state index in [0.29, 0.717) is 11.1 Å². The maximum absolute atomic E-state index is 12.2. The van der Waals surface area contributed by atoms with Crippen molar-refractivity contribution in [3.63, 3.8) is 0 Å². The Kier molecular flexibility index (Phi) is 3.58. The molecule has 90 valence electrons. The van der Waals surface area contributed by atoms with Crippen molar-refractivity contribution >= 4 is 11.9 Å². The van der Waals surface area contributed by atoms with E-state index in [1.807, 2.05) is 31.2 Å². The van der Waals surface area contributed by atoms with Gasteiger partial charge in [0.1, 0.15) is 5.75 Å². The normalized spacial score (nSPS) is 10.7. The van der Waals surface area contributed by atoms with Gasteiger partial charge in [-0.1, -0.05) is 48.6 Å². The standard InChI is InChI=1S/C16H14O2/c1-2-6-12-9-10-14(15(17)11-12)16(18)13-7-4-3-5-8-13/h2-11,17H,1H3. The predicted molar refractivity (Wildman–Crippen MR) is 72.7 cm³/mol. The van der Waals surface area contributed by atoms with Crippen LogP contribution in [0.1, 0.15) is 28.4 Å². The van der Waals surface area contributed by atoms with Crippen LogP contribution in [0, 0.1) is 0 Å². The van der Waals surface area contributed by atoms with Crippen LogP contribution >= 0.6 is 0 Å². The molecule has 1 N–H and O–H groups in total. The summed E-state index contributed by atoms with van der Waals surface area (Å²) < 4.78 is 0. The van der Waals surface area contributed by atoms with E-state index in [0.717, 1.165) is 5.56 Å². The fraction of sp³-hybridized carbons (Fsp3) is 0.0625. The molecule has 0 atom stereocenters. The summed E-state index contributed by atoms with van der Waals surface area (Å²) in [5, 5.41) is 9.89. The zero-order chi connectivity index (χ0) is 13.0. The van der Waals surface area contributed by atoms with Gasteiger partial charge in [0.05, 0.1) is 5.56 Å². The molecule has 0 aliphatic heterocycles. The largest absolute Gasteiger partial charge is 0.507 e. The van der Waals surface area contributed by atoms with Crippen LogP contribution in [0.5, 0.6) is 5.75 Å². The summed E-state index contributed by atoms with van der Waals surface area (Å²) in [4.78, 5) is 12.2. The Morgan fingerprint density at radius 3 is 2.44 bits per heavy atom. The minimum Gasteiger partial charge on any atom is -0.507 e. The number of carbonyl (C=O) groups is 1. The molecule has 0 aliphatic rings. The van der Waals surface area contributed by atoms with Crippen molar-refractivity contribution in [1.29, 1.82) is 0 Å². The van der Waals surface area contributed by atoms with Gasteiger partial charge in [-0.2, -0.15) is 0 Å². The molecule has 0 saturated heterocycles. The van der Waals surface area contributed by atoms with Crippen molar-refractivity contribution in [3.05, 3.63) is 71.3 Å². The van der Waals surface area contributed by atoms with E-state index in [4.69, 9.17) is 0 Å². The van der Waals surface area contributed by atoms with Crippen molar-refractivity contribution in [2.75, 3.05) is 0 Å². The first-order valence-electron chi connectivity index (χ1n) is 5.78. The summed E-state index contributed by atoms with van der Waals surface area (Å²) >= 11 is 0. The highest BCUT2D eigenvalue weighted by atomic mass is 16.3. The van der Waals surface area contributed by atoms with E-state index in [1.165, 1.54) is 0 Å². The van der Waals surface area contributed by atoms with Crippen molar-refractivity contribution in [1.82, 2.24) is 0 Å². The van der Waals surface area contributed by atoms with Crippen LogP contribution in [-0.2, 0) is 0 Å². The monoisotopic (exact) mass is 238 g/mol. The third-order valence-electron chi connectivity index (χ3n) is 2.66. The molecule has 0 saturated carbocycles. The first kappa shape index (κ1) is 12.1. The van der Waals surface area contributed by atoms with Gasteiger partial charge in [0.15, 0.2) is 5.78 Å². The predicted octanol–water partition coefficient (Wildman–Crippen LogP) is 3.66. The Balaban J connectivity index is 2.38. The molecule has 2 heteroatoms. The highest BCUT2D eigenvalue weighted by molar-refractivity contribution is 6.10. The van der Waals surface area contributed by atoms with E-state index in [9.17, 15) is 9.90 Å². The summed E-state index contributed by atoms with van der Waals surface area (Å²) in [6, 6.07) is 14.0. The van der Waals surface area contributed by atoms with E-state index in [2.05, 4.69) is 0 Å². The Hall–Kier alpha value is -2.35. The van der Waals surface area contributed by atoms with Crippen molar-refractivity contribution in [2.24, 2.45) is 0 Å². The van der Waals surface area contributed by atoms with Gasteiger partial charge in [-0.05, 0) is 24.6 Å². The number of benzene rings is 2. The number of phenols is 1. The van der Waals surface area contributed by atoms with Gasteiger partial charge < -0.3 is 5.11 Å². The Morgan fingerprint density at radius 2 is 1.83 bits per heavy atom. The van der Waals surface area contributed by atoms with Gasteiger partial charge in [-0.15, -0.1) is 0 Å². The molecule has 0 amide bonds. The second kappa shape index (κ2) is 5.32. The number of phenolic OH excluding ortho intramolecular Hbond substituents is 1. The Morgan fingerprint density at radius 1 is 1.11 bits per heavy atom. The van der Waals surface area contributed by atoms with Gasteiger partial charge in [0, 0.05) is 5.56 Å². The lowest BCUT2D eigenvalue weighted by atomic mass is 10.0. The molecule has 0 aromatic heterocycles. The molecule has 2 rings (SSSR count). The molecule has 2 nitrogen and oxygen atoms in total. The molecule has 0 spiro atoms. The van der Waals surface area contributed by atoms with E-state index < -0.39 is 0 Å². The number of ketones is 1. The van der Waals surface area contributed by atoms with E-state index in [-0.39, 0.29) is 11.5 Å². The Bertz CT molecular complexity index is 583. The fourth-order valence-electron chi connectivity index (χ4n) is 1.78. The van der Waals surface area contributed by atoms with E-state index in [1.54, 1.807) is 36.4 Å². The molecule has 0 unspecified atom stereocenters. The average molecular weight is 238 g/mol. The summed E-state index contributed by atoms with van der Waals surface area (Å²) in [7, 11) is 0. The Labute approximate surface area is 106 Å². The topological polar surface area (TPSA) is 37.3 Å². The molecular formula is C16H14O2. The van der Waals surface area contributed by atoms with Crippen molar-refractivity contribution < 1.29 is 9.90 Å². The van der Waals surface area contributed by atoms with Crippen LogP contribution in [0.4, 0.5) is 0 Å². The smallest absolute Gasteiger partial charge is 0.196 e. The number of rotatable bonds is 3. The molecule has 2 aromatic rings. The molecule has 0 bridgehead atoms. The fourth-order valence-corrected chi connectivity index (χ4v) is 1.78. The second-order valence-electron chi connectivity index (χ2n) is 3.97. The van der Waals surface area contributed by atoms with Gasteiger partial charge >= 0.3 is 0 Å². The average Bonchev–Trinajstić information content (AvgIpc) is 2.40. The van der Waals surface area contributed by atoms with Crippen molar-refractivity contribution in [3.8, 4) is 5.75 Å². The molecular weight excluding hydrogens is 224 g/mol. The van der Waals surface area contributed by atoms with Crippen LogP contribution in [0.15, 0.2) is 54.6 Å². The number of allylic oxidation sites excluding steroid dienone is 1. The van der Waals surface area contributed by atoms with Gasteiger partial charge in [-0.25, -0.2) is 0 Å². The second-order valence-corrected chi connectivity index (χ2v) is 3.97. The molecule has 0 aliphatic carbocycles. The van der Waals surface area contributed by atoms with Gasteiger partial charge in [0.2, 0.25) is 0 Å². The third-order valence-corrected chi connectivity index (χ3v) is 2.66. The molecule has 0 heterocycles. The van der Waals surface area contributed by atoms with Crippen LogP contribution in [-0.4, -0.2) is 10.9 Å². The quantitative estimate of drug-likeness (QED) is 0.828. The zero-order valence-electron chi connectivity index (χ0n) is 10.1. The number of hydrogen-bond acceptors (Lipinski definition) is 2. The lowest BCUT2D eigenvalue weighted by Crippen LogP contribution is -2.01. The van der Waals surface area contributed by atoms with Crippen LogP contribution in [0.2, 0.25) is 0 Å². The number of hydrogen-bond donors (Lipinski definition) is 1. The first-order valence-corrected chi connectivity index (χ1v) is 5.78. The highest BCUT2D eigenvalue weighted by Gasteiger charge is 2.12. The maximum Gasteiger partial charge on any atom is 0.196 e. The van der Waals surface area contributed by atoms with Crippen LogP contribution in [0.3, 0.4) is 0 Å². The van der Waals surface area contributed by atoms with Crippen LogP contribution < -0.4 is 0 Å². The van der Waals surface area contributed by atoms with Gasteiger partial charge in [0.25, 0.3) is 0 Å².